The number of β-lactam (4-membered cyclic amide) rings is 1. The minimum Gasteiger partial charge on any atom is -0.476 e. The SMILES string of the molecule is CCO[C@@H]1[C@H](Oc2ccccc2)C(=O)N1c1ccccc1. The zero-order valence-corrected chi connectivity index (χ0v) is 11.8. The predicted octanol–water partition coefficient (Wildman–Crippen LogP) is 2.84. The van der Waals surface area contributed by atoms with E-state index in [0.717, 1.165) is 5.69 Å². The molecule has 0 bridgehead atoms. The lowest BCUT2D eigenvalue weighted by Gasteiger charge is -2.45. The Kier molecular flexibility index (Phi) is 3.88. The Labute approximate surface area is 123 Å². The molecule has 4 heteroatoms. The molecule has 0 aromatic heterocycles. The fourth-order valence-corrected chi connectivity index (χ4v) is 2.39. The lowest BCUT2D eigenvalue weighted by atomic mass is 10.1. The molecule has 1 aliphatic heterocycles. The highest BCUT2D eigenvalue weighted by Gasteiger charge is 2.51. The van der Waals surface area contributed by atoms with Gasteiger partial charge in [-0.25, -0.2) is 0 Å². The predicted molar refractivity (Wildman–Crippen MR) is 80.2 cm³/mol. The summed E-state index contributed by atoms with van der Waals surface area (Å²) in [5.74, 6) is 0.594. The number of anilines is 1. The van der Waals surface area contributed by atoms with Gasteiger partial charge < -0.3 is 9.47 Å². The fourth-order valence-electron chi connectivity index (χ4n) is 2.39. The molecular weight excluding hydrogens is 266 g/mol. The molecule has 0 saturated carbocycles. The molecule has 4 nitrogen and oxygen atoms in total. The Morgan fingerprint density at radius 2 is 1.62 bits per heavy atom. The molecule has 0 unspecified atom stereocenters. The van der Waals surface area contributed by atoms with Gasteiger partial charge in [0.2, 0.25) is 6.10 Å². The maximum absolute atomic E-state index is 12.4. The summed E-state index contributed by atoms with van der Waals surface area (Å²) in [6.45, 7) is 2.43. The second kappa shape index (κ2) is 5.97. The van der Waals surface area contributed by atoms with Crippen molar-refractivity contribution < 1.29 is 14.3 Å². The maximum atomic E-state index is 12.4. The fraction of sp³-hybridized carbons (Fsp3) is 0.235. The number of nitrogens with zero attached hydrogens (tertiary/aromatic N) is 1. The zero-order valence-electron chi connectivity index (χ0n) is 11.8. The second-order valence-electron chi connectivity index (χ2n) is 4.74. The van der Waals surface area contributed by atoms with E-state index < -0.39 is 6.10 Å². The Balaban J connectivity index is 1.78. The normalized spacial score (nSPS) is 21.0. The van der Waals surface area contributed by atoms with Crippen molar-refractivity contribution in [3.05, 3.63) is 60.7 Å². The summed E-state index contributed by atoms with van der Waals surface area (Å²) in [6, 6.07) is 18.8. The number of carbonyl (C=O) groups excluding carboxylic acids is 1. The first-order valence-corrected chi connectivity index (χ1v) is 7.02. The van der Waals surface area contributed by atoms with Crippen molar-refractivity contribution in [3.63, 3.8) is 0 Å². The van der Waals surface area contributed by atoms with Gasteiger partial charge in [-0.2, -0.15) is 0 Å². The van der Waals surface area contributed by atoms with E-state index >= 15 is 0 Å². The van der Waals surface area contributed by atoms with Gasteiger partial charge in [0.15, 0.2) is 6.23 Å². The van der Waals surface area contributed by atoms with Crippen LogP contribution in [0, 0.1) is 0 Å². The first kappa shape index (κ1) is 13.6. The number of ether oxygens (including phenoxy) is 2. The smallest absolute Gasteiger partial charge is 0.275 e. The zero-order chi connectivity index (χ0) is 14.7. The Morgan fingerprint density at radius 1 is 1.00 bits per heavy atom. The molecule has 2 aromatic carbocycles. The summed E-state index contributed by atoms with van der Waals surface area (Å²) >= 11 is 0. The minimum atomic E-state index is -0.590. The van der Waals surface area contributed by atoms with Crippen LogP contribution < -0.4 is 9.64 Å². The molecule has 3 rings (SSSR count). The lowest BCUT2D eigenvalue weighted by Crippen LogP contribution is -2.68. The molecule has 0 radical (unpaired) electrons. The topological polar surface area (TPSA) is 38.8 Å². The van der Waals surface area contributed by atoms with E-state index in [1.54, 1.807) is 4.90 Å². The Bertz CT molecular complexity index is 600. The highest BCUT2D eigenvalue weighted by Crippen LogP contribution is 2.31. The molecule has 1 saturated heterocycles. The number of para-hydroxylation sites is 2. The molecule has 0 spiro atoms. The van der Waals surface area contributed by atoms with E-state index in [1.165, 1.54) is 0 Å². The average Bonchev–Trinajstić information content (AvgIpc) is 2.54. The van der Waals surface area contributed by atoms with Gasteiger partial charge in [0, 0.05) is 12.3 Å². The molecule has 2 atom stereocenters. The van der Waals surface area contributed by atoms with E-state index in [4.69, 9.17) is 9.47 Å². The standard InChI is InChI=1S/C17H17NO3/c1-2-20-17-15(21-14-11-7-4-8-12-14)16(19)18(17)13-9-5-3-6-10-13/h3-12,15,17H,2H2,1H3/t15-,17-/m1/s1. The third kappa shape index (κ3) is 2.62. The van der Waals surface area contributed by atoms with E-state index in [2.05, 4.69) is 0 Å². The lowest BCUT2D eigenvalue weighted by molar-refractivity contribution is -0.151. The highest BCUT2D eigenvalue weighted by molar-refractivity contribution is 6.04. The van der Waals surface area contributed by atoms with E-state index in [1.807, 2.05) is 67.6 Å². The largest absolute Gasteiger partial charge is 0.476 e. The van der Waals surface area contributed by atoms with Crippen LogP contribution in [0.1, 0.15) is 6.92 Å². The van der Waals surface area contributed by atoms with Crippen LogP contribution in [0.5, 0.6) is 5.75 Å². The first-order valence-electron chi connectivity index (χ1n) is 7.02. The summed E-state index contributed by atoms with van der Waals surface area (Å²) < 4.78 is 11.4. The maximum Gasteiger partial charge on any atom is 0.275 e. The quantitative estimate of drug-likeness (QED) is 0.792. The van der Waals surface area contributed by atoms with Crippen molar-refractivity contribution in [2.24, 2.45) is 0 Å². The molecule has 21 heavy (non-hydrogen) atoms. The molecular formula is C17H17NO3. The van der Waals surface area contributed by atoms with Gasteiger partial charge in [-0.3, -0.25) is 9.69 Å². The van der Waals surface area contributed by atoms with Crippen LogP contribution in [0.4, 0.5) is 5.69 Å². The summed E-state index contributed by atoms with van der Waals surface area (Å²) in [7, 11) is 0. The Hall–Kier alpha value is -2.33. The van der Waals surface area contributed by atoms with Crippen LogP contribution >= 0.6 is 0 Å². The first-order chi connectivity index (χ1) is 10.3. The molecule has 0 N–H and O–H groups in total. The van der Waals surface area contributed by atoms with Gasteiger partial charge in [-0.1, -0.05) is 36.4 Å². The molecule has 1 amide bonds. The van der Waals surface area contributed by atoms with Gasteiger partial charge in [0.25, 0.3) is 5.91 Å². The minimum absolute atomic E-state index is 0.0801. The number of amides is 1. The van der Waals surface area contributed by atoms with Crippen LogP contribution in [0.2, 0.25) is 0 Å². The number of benzene rings is 2. The van der Waals surface area contributed by atoms with Crippen molar-refractivity contribution in [2.45, 2.75) is 19.3 Å². The van der Waals surface area contributed by atoms with E-state index in [0.29, 0.717) is 12.4 Å². The number of hydrogen-bond acceptors (Lipinski definition) is 3. The molecule has 108 valence electrons. The molecule has 2 aromatic rings. The average molecular weight is 283 g/mol. The summed E-state index contributed by atoms with van der Waals surface area (Å²) in [5.41, 5.74) is 0.828. The number of rotatable bonds is 5. The number of carbonyl (C=O) groups is 1. The van der Waals surface area contributed by atoms with Gasteiger partial charge in [-0.05, 0) is 31.2 Å². The van der Waals surface area contributed by atoms with Crippen LogP contribution in [-0.4, -0.2) is 24.8 Å². The molecule has 1 heterocycles. The van der Waals surface area contributed by atoms with Crippen molar-refractivity contribution in [1.29, 1.82) is 0 Å². The monoisotopic (exact) mass is 283 g/mol. The second-order valence-corrected chi connectivity index (χ2v) is 4.74. The summed E-state index contributed by atoms with van der Waals surface area (Å²) in [4.78, 5) is 14.0. The molecule has 0 aliphatic carbocycles. The summed E-state index contributed by atoms with van der Waals surface area (Å²) in [5, 5.41) is 0. The Morgan fingerprint density at radius 3 is 2.24 bits per heavy atom. The highest BCUT2D eigenvalue weighted by atomic mass is 16.6. The molecule has 1 fully saturated rings. The van der Waals surface area contributed by atoms with Crippen molar-refractivity contribution >= 4 is 11.6 Å². The third-order valence-corrected chi connectivity index (χ3v) is 3.37. The van der Waals surface area contributed by atoms with Gasteiger partial charge >= 0.3 is 0 Å². The van der Waals surface area contributed by atoms with Gasteiger partial charge in [0.1, 0.15) is 5.75 Å². The van der Waals surface area contributed by atoms with E-state index in [9.17, 15) is 4.79 Å². The molecule has 1 aliphatic rings. The van der Waals surface area contributed by atoms with Crippen LogP contribution in [-0.2, 0) is 9.53 Å². The van der Waals surface area contributed by atoms with Crippen LogP contribution in [0.3, 0.4) is 0 Å². The van der Waals surface area contributed by atoms with Crippen molar-refractivity contribution in [2.75, 3.05) is 11.5 Å². The van der Waals surface area contributed by atoms with Gasteiger partial charge in [-0.15, -0.1) is 0 Å². The van der Waals surface area contributed by atoms with Crippen molar-refractivity contribution in [3.8, 4) is 5.75 Å². The third-order valence-electron chi connectivity index (χ3n) is 3.37. The van der Waals surface area contributed by atoms with Crippen LogP contribution in [0.15, 0.2) is 60.7 Å². The van der Waals surface area contributed by atoms with Crippen molar-refractivity contribution in [1.82, 2.24) is 0 Å². The van der Waals surface area contributed by atoms with E-state index in [-0.39, 0.29) is 12.1 Å². The van der Waals surface area contributed by atoms with Crippen LogP contribution in [0.25, 0.3) is 0 Å². The van der Waals surface area contributed by atoms with Gasteiger partial charge in [0.05, 0.1) is 0 Å². The summed E-state index contributed by atoms with van der Waals surface area (Å²) in [6.07, 6.45) is -0.974. The number of hydrogen-bond donors (Lipinski definition) is 0.